The highest BCUT2D eigenvalue weighted by Crippen LogP contribution is 2.36. The molecule has 0 aliphatic heterocycles. The van der Waals surface area contributed by atoms with Gasteiger partial charge >= 0.3 is 0 Å². The lowest BCUT2D eigenvalue weighted by Crippen LogP contribution is -2.41. The van der Waals surface area contributed by atoms with Crippen molar-refractivity contribution in [2.75, 3.05) is 6.54 Å². The number of aromatic nitrogens is 3. The van der Waals surface area contributed by atoms with E-state index in [0.29, 0.717) is 6.04 Å². The fourth-order valence-electron chi connectivity index (χ4n) is 2.87. The van der Waals surface area contributed by atoms with E-state index in [4.69, 9.17) is 0 Å². The number of hydrogen-bond acceptors (Lipinski definition) is 3. The van der Waals surface area contributed by atoms with Crippen LogP contribution in [0.5, 0.6) is 0 Å². The van der Waals surface area contributed by atoms with Crippen molar-refractivity contribution in [1.29, 1.82) is 0 Å². The topological polar surface area (TPSA) is 42.7 Å². The highest BCUT2D eigenvalue weighted by atomic mass is 15.3. The molecule has 0 radical (unpaired) electrons. The van der Waals surface area contributed by atoms with Crippen molar-refractivity contribution in [2.45, 2.75) is 38.1 Å². The summed E-state index contributed by atoms with van der Waals surface area (Å²) >= 11 is 0. The summed E-state index contributed by atoms with van der Waals surface area (Å²) in [5.74, 6) is 1.66. The molecule has 20 heavy (non-hydrogen) atoms. The monoisotopic (exact) mass is 270 g/mol. The smallest absolute Gasteiger partial charge is 0.151 e. The Bertz CT molecular complexity index is 569. The van der Waals surface area contributed by atoms with Crippen molar-refractivity contribution in [1.82, 2.24) is 20.1 Å². The molecule has 1 aromatic heterocycles. The molecular weight excluding hydrogens is 248 g/mol. The van der Waals surface area contributed by atoms with Crippen LogP contribution in [-0.4, -0.2) is 27.4 Å². The van der Waals surface area contributed by atoms with Gasteiger partial charge in [-0.3, -0.25) is 4.68 Å². The molecule has 1 fully saturated rings. The molecule has 1 aromatic carbocycles. The maximum absolute atomic E-state index is 4.29. The van der Waals surface area contributed by atoms with Gasteiger partial charge in [-0.05, 0) is 31.2 Å². The van der Waals surface area contributed by atoms with E-state index in [9.17, 15) is 0 Å². The van der Waals surface area contributed by atoms with E-state index in [1.54, 1.807) is 11.0 Å². The number of nitrogens with one attached hydrogen (secondary N) is 1. The van der Waals surface area contributed by atoms with Crippen LogP contribution in [0.15, 0.2) is 30.6 Å². The van der Waals surface area contributed by atoms with Gasteiger partial charge in [0.05, 0.1) is 0 Å². The Kier molecular flexibility index (Phi) is 3.83. The van der Waals surface area contributed by atoms with Crippen molar-refractivity contribution in [2.24, 2.45) is 7.05 Å². The molecule has 1 heterocycles. The second-order valence-corrected chi connectivity index (χ2v) is 5.82. The van der Waals surface area contributed by atoms with E-state index in [-0.39, 0.29) is 0 Å². The molecular formula is C16H22N4. The number of benzene rings is 1. The van der Waals surface area contributed by atoms with Crippen molar-refractivity contribution in [3.05, 3.63) is 47.5 Å². The zero-order valence-electron chi connectivity index (χ0n) is 12.2. The Labute approximate surface area is 120 Å². The Hall–Kier alpha value is -1.68. The lowest BCUT2D eigenvalue weighted by molar-refractivity contribution is 0.292. The summed E-state index contributed by atoms with van der Waals surface area (Å²) in [5.41, 5.74) is 2.86. The highest BCUT2D eigenvalue weighted by Gasteiger charge is 2.29. The van der Waals surface area contributed by atoms with Crippen molar-refractivity contribution in [3.8, 4) is 0 Å². The van der Waals surface area contributed by atoms with E-state index < -0.39 is 0 Å². The lowest BCUT2D eigenvalue weighted by Gasteiger charge is -2.36. The molecule has 4 heteroatoms. The van der Waals surface area contributed by atoms with E-state index in [2.05, 4.69) is 46.6 Å². The number of aryl methyl sites for hydroxylation is 2. The highest BCUT2D eigenvalue weighted by molar-refractivity contribution is 5.27. The average Bonchev–Trinajstić information content (AvgIpc) is 2.78. The van der Waals surface area contributed by atoms with Gasteiger partial charge in [-0.25, -0.2) is 4.98 Å². The summed E-state index contributed by atoms with van der Waals surface area (Å²) in [4.78, 5) is 4.24. The molecule has 4 nitrogen and oxygen atoms in total. The minimum atomic E-state index is 0.657. The first-order chi connectivity index (χ1) is 9.70. The zero-order valence-corrected chi connectivity index (χ0v) is 12.2. The fraction of sp³-hybridized carbons (Fsp3) is 0.500. The zero-order chi connectivity index (χ0) is 13.9. The molecule has 2 aromatic rings. The van der Waals surface area contributed by atoms with Gasteiger partial charge in [0, 0.05) is 26.1 Å². The van der Waals surface area contributed by atoms with Gasteiger partial charge < -0.3 is 5.32 Å². The van der Waals surface area contributed by atoms with Crippen LogP contribution in [0.1, 0.15) is 35.7 Å². The second-order valence-electron chi connectivity index (χ2n) is 5.82. The lowest BCUT2D eigenvalue weighted by atomic mass is 9.75. The Morgan fingerprint density at radius 3 is 2.90 bits per heavy atom. The minimum absolute atomic E-state index is 0.657. The molecule has 0 unspecified atom stereocenters. The van der Waals surface area contributed by atoms with Crippen molar-refractivity contribution >= 4 is 0 Å². The standard InChI is InChI=1S/C16H22N4/c1-12-4-3-5-13(8-12)14-9-15(10-14)17-7-6-16-18-11-20(2)19-16/h3-5,8,11,14-15,17H,6-7,9-10H2,1-2H3. The molecule has 1 saturated carbocycles. The summed E-state index contributed by atoms with van der Waals surface area (Å²) in [6.07, 6.45) is 5.16. The largest absolute Gasteiger partial charge is 0.313 e. The molecule has 1 N–H and O–H groups in total. The summed E-state index contributed by atoms with van der Waals surface area (Å²) in [6, 6.07) is 9.56. The van der Waals surface area contributed by atoms with Crippen molar-refractivity contribution in [3.63, 3.8) is 0 Å². The van der Waals surface area contributed by atoms with Crippen LogP contribution >= 0.6 is 0 Å². The van der Waals surface area contributed by atoms with E-state index in [1.807, 2.05) is 7.05 Å². The maximum Gasteiger partial charge on any atom is 0.151 e. The molecule has 3 rings (SSSR count). The molecule has 0 atom stereocenters. The minimum Gasteiger partial charge on any atom is -0.313 e. The van der Waals surface area contributed by atoms with Gasteiger partial charge in [0.1, 0.15) is 6.33 Å². The summed E-state index contributed by atoms with van der Waals surface area (Å²) in [5, 5.41) is 7.89. The summed E-state index contributed by atoms with van der Waals surface area (Å²) in [7, 11) is 1.91. The van der Waals surface area contributed by atoms with Crippen LogP contribution in [0, 0.1) is 6.92 Å². The van der Waals surface area contributed by atoms with Crippen LogP contribution in [0.2, 0.25) is 0 Å². The van der Waals surface area contributed by atoms with Crippen LogP contribution in [0.25, 0.3) is 0 Å². The third kappa shape index (κ3) is 3.07. The first-order valence-electron chi connectivity index (χ1n) is 7.35. The van der Waals surface area contributed by atoms with Gasteiger partial charge in [-0.2, -0.15) is 5.10 Å². The first kappa shape index (κ1) is 13.3. The fourth-order valence-corrected chi connectivity index (χ4v) is 2.87. The van der Waals surface area contributed by atoms with Gasteiger partial charge in [0.15, 0.2) is 5.82 Å². The predicted molar refractivity (Wildman–Crippen MR) is 79.7 cm³/mol. The number of nitrogens with zero attached hydrogens (tertiary/aromatic N) is 3. The Morgan fingerprint density at radius 1 is 1.35 bits per heavy atom. The van der Waals surface area contributed by atoms with Crippen LogP contribution in [-0.2, 0) is 13.5 Å². The Balaban J connectivity index is 1.40. The molecule has 0 bridgehead atoms. The normalized spacial score (nSPS) is 21.7. The Morgan fingerprint density at radius 2 is 2.20 bits per heavy atom. The SMILES string of the molecule is Cc1cccc(C2CC(NCCc3ncn(C)n3)C2)c1. The molecule has 0 amide bonds. The maximum atomic E-state index is 4.29. The van der Waals surface area contributed by atoms with Crippen LogP contribution in [0.3, 0.4) is 0 Å². The molecule has 0 saturated heterocycles. The average molecular weight is 270 g/mol. The van der Waals surface area contributed by atoms with E-state index in [0.717, 1.165) is 24.7 Å². The van der Waals surface area contributed by atoms with E-state index in [1.165, 1.54) is 24.0 Å². The van der Waals surface area contributed by atoms with Gasteiger partial charge in [-0.1, -0.05) is 29.8 Å². The molecule has 1 aliphatic carbocycles. The third-order valence-electron chi connectivity index (χ3n) is 4.08. The first-order valence-corrected chi connectivity index (χ1v) is 7.35. The van der Waals surface area contributed by atoms with Crippen LogP contribution in [0.4, 0.5) is 0 Å². The molecule has 106 valence electrons. The summed E-state index contributed by atoms with van der Waals surface area (Å²) in [6.45, 7) is 3.13. The third-order valence-corrected chi connectivity index (χ3v) is 4.08. The molecule has 0 spiro atoms. The van der Waals surface area contributed by atoms with E-state index >= 15 is 0 Å². The quantitative estimate of drug-likeness (QED) is 0.905. The number of rotatable bonds is 5. The van der Waals surface area contributed by atoms with Crippen LogP contribution < -0.4 is 5.32 Å². The van der Waals surface area contributed by atoms with Crippen molar-refractivity contribution < 1.29 is 0 Å². The van der Waals surface area contributed by atoms with Gasteiger partial charge in [0.2, 0.25) is 0 Å². The number of hydrogen-bond donors (Lipinski definition) is 1. The molecule has 1 aliphatic rings. The second kappa shape index (κ2) is 5.75. The van der Waals surface area contributed by atoms with Gasteiger partial charge in [-0.15, -0.1) is 0 Å². The summed E-state index contributed by atoms with van der Waals surface area (Å²) < 4.78 is 1.76. The predicted octanol–water partition coefficient (Wildman–Crippen LogP) is 2.20. The van der Waals surface area contributed by atoms with Gasteiger partial charge in [0.25, 0.3) is 0 Å².